The lowest BCUT2D eigenvalue weighted by Crippen LogP contribution is -2.61. The van der Waals surface area contributed by atoms with E-state index in [-0.39, 0.29) is 17.9 Å². The first-order valence-corrected chi connectivity index (χ1v) is 11.1. The largest absolute Gasteiger partial charge is 0.368 e. The van der Waals surface area contributed by atoms with Crippen molar-refractivity contribution in [1.82, 2.24) is 10.3 Å². The summed E-state index contributed by atoms with van der Waals surface area (Å²) in [6.45, 7) is 3.06. The van der Waals surface area contributed by atoms with Crippen LogP contribution < -0.4 is 15.1 Å². The van der Waals surface area contributed by atoms with E-state index in [1.54, 1.807) is 12.4 Å². The molecule has 3 heterocycles. The third-order valence-corrected chi connectivity index (χ3v) is 6.56. The molecule has 2 aromatic carbocycles. The van der Waals surface area contributed by atoms with Gasteiger partial charge in [-0.3, -0.25) is 9.78 Å². The summed E-state index contributed by atoms with van der Waals surface area (Å²) in [5, 5.41) is 3.89. The zero-order valence-corrected chi connectivity index (χ0v) is 18.0. The van der Waals surface area contributed by atoms with E-state index in [1.807, 2.05) is 30.3 Å². The molecule has 1 N–H and O–H groups in total. The standard InChI is InChI=1S/C25H25ClN4O/c26-20-7-3-8-21(14-20)29-11-12-30-23-9-2-1-6-19(23)13-22(24(30)17-29)25(31)28-16-18-5-4-10-27-15-18/h1-10,14-15,22,24H,11-13,16-17H2,(H,28,31). The molecule has 2 aliphatic heterocycles. The Labute approximate surface area is 187 Å². The van der Waals surface area contributed by atoms with E-state index < -0.39 is 0 Å². The minimum Gasteiger partial charge on any atom is -0.368 e. The Balaban J connectivity index is 1.40. The zero-order valence-electron chi connectivity index (χ0n) is 17.2. The van der Waals surface area contributed by atoms with Crippen molar-refractivity contribution in [3.05, 3.63) is 89.2 Å². The SMILES string of the molecule is O=C(NCc1cccnc1)C1Cc2ccccc2N2CCN(c3cccc(Cl)c3)CC12. The molecule has 3 aromatic rings. The molecule has 1 fully saturated rings. The van der Waals surface area contributed by atoms with Crippen LogP contribution in [0.1, 0.15) is 11.1 Å². The van der Waals surface area contributed by atoms with Gasteiger partial charge in [0.2, 0.25) is 5.91 Å². The van der Waals surface area contributed by atoms with Crippen molar-refractivity contribution in [3.8, 4) is 0 Å². The molecule has 0 spiro atoms. The van der Waals surface area contributed by atoms with Gasteiger partial charge in [0.15, 0.2) is 0 Å². The van der Waals surface area contributed by atoms with Crippen LogP contribution in [0.15, 0.2) is 73.1 Å². The Morgan fingerprint density at radius 3 is 2.84 bits per heavy atom. The molecule has 5 rings (SSSR count). The van der Waals surface area contributed by atoms with Crippen LogP contribution >= 0.6 is 11.6 Å². The van der Waals surface area contributed by atoms with Crippen molar-refractivity contribution in [1.29, 1.82) is 0 Å². The molecule has 0 saturated carbocycles. The van der Waals surface area contributed by atoms with Gasteiger partial charge in [0, 0.05) is 55.0 Å². The smallest absolute Gasteiger partial charge is 0.225 e. The van der Waals surface area contributed by atoms with Crippen LogP contribution in [0, 0.1) is 5.92 Å². The molecule has 0 bridgehead atoms. The van der Waals surface area contributed by atoms with E-state index in [2.05, 4.69) is 50.4 Å². The number of hydrogen-bond donors (Lipinski definition) is 1. The molecular weight excluding hydrogens is 408 g/mol. The van der Waals surface area contributed by atoms with E-state index in [1.165, 1.54) is 11.3 Å². The van der Waals surface area contributed by atoms with Crippen molar-refractivity contribution in [3.63, 3.8) is 0 Å². The van der Waals surface area contributed by atoms with E-state index in [9.17, 15) is 4.79 Å². The molecule has 158 valence electrons. The first-order chi connectivity index (χ1) is 15.2. The van der Waals surface area contributed by atoms with Crippen LogP contribution in [0.2, 0.25) is 5.02 Å². The van der Waals surface area contributed by atoms with E-state index >= 15 is 0 Å². The number of carbonyl (C=O) groups excluding carboxylic acids is 1. The van der Waals surface area contributed by atoms with E-state index in [0.29, 0.717) is 6.54 Å². The van der Waals surface area contributed by atoms with Gasteiger partial charge in [-0.2, -0.15) is 0 Å². The minimum absolute atomic E-state index is 0.0984. The number of carbonyl (C=O) groups is 1. The number of benzene rings is 2. The van der Waals surface area contributed by atoms with E-state index in [4.69, 9.17) is 11.6 Å². The van der Waals surface area contributed by atoms with Crippen LogP contribution in [0.25, 0.3) is 0 Å². The lowest BCUT2D eigenvalue weighted by atomic mass is 9.83. The third kappa shape index (κ3) is 4.10. The molecule has 1 amide bonds. The Morgan fingerprint density at radius 2 is 2.00 bits per heavy atom. The fourth-order valence-electron chi connectivity index (χ4n) is 4.79. The normalized spacial score (nSPS) is 20.0. The monoisotopic (exact) mass is 432 g/mol. The maximum absolute atomic E-state index is 13.3. The van der Waals surface area contributed by atoms with Crippen molar-refractivity contribution >= 4 is 28.9 Å². The summed E-state index contributed by atoms with van der Waals surface area (Å²) in [6.07, 6.45) is 4.29. The highest BCUT2D eigenvalue weighted by Crippen LogP contribution is 2.37. The van der Waals surface area contributed by atoms with E-state index in [0.717, 1.165) is 42.3 Å². The molecule has 2 atom stereocenters. The molecule has 0 radical (unpaired) electrons. The van der Waals surface area contributed by atoms with Crippen molar-refractivity contribution in [2.45, 2.75) is 19.0 Å². The van der Waals surface area contributed by atoms with Crippen LogP contribution in [0.3, 0.4) is 0 Å². The summed E-state index contributed by atoms with van der Waals surface area (Å²) >= 11 is 6.24. The van der Waals surface area contributed by atoms with Crippen LogP contribution in [0.4, 0.5) is 11.4 Å². The average molecular weight is 433 g/mol. The van der Waals surface area contributed by atoms with Gasteiger partial charge in [-0.05, 0) is 47.9 Å². The van der Waals surface area contributed by atoms with Gasteiger partial charge < -0.3 is 15.1 Å². The second-order valence-corrected chi connectivity index (χ2v) is 8.64. The fraction of sp³-hybridized carbons (Fsp3) is 0.280. The maximum atomic E-state index is 13.3. The number of para-hydroxylation sites is 1. The van der Waals surface area contributed by atoms with Crippen LogP contribution in [0.5, 0.6) is 0 Å². The molecule has 6 heteroatoms. The van der Waals surface area contributed by atoms with Gasteiger partial charge in [0.1, 0.15) is 0 Å². The first-order valence-electron chi connectivity index (χ1n) is 10.7. The molecular formula is C25H25ClN4O. The van der Waals surface area contributed by atoms with Crippen molar-refractivity contribution in [2.24, 2.45) is 5.92 Å². The lowest BCUT2D eigenvalue weighted by molar-refractivity contribution is -0.126. The Kier molecular flexibility index (Phi) is 5.51. The number of pyridine rings is 1. The highest BCUT2D eigenvalue weighted by molar-refractivity contribution is 6.30. The molecule has 1 aromatic heterocycles. The second kappa shape index (κ2) is 8.60. The Morgan fingerprint density at radius 1 is 1.10 bits per heavy atom. The summed E-state index contributed by atoms with van der Waals surface area (Å²) in [7, 11) is 0. The van der Waals surface area contributed by atoms with Crippen LogP contribution in [-0.2, 0) is 17.8 Å². The molecule has 2 aliphatic rings. The maximum Gasteiger partial charge on any atom is 0.225 e. The van der Waals surface area contributed by atoms with Crippen molar-refractivity contribution < 1.29 is 4.79 Å². The van der Waals surface area contributed by atoms with Gasteiger partial charge >= 0.3 is 0 Å². The minimum atomic E-state index is -0.117. The topological polar surface area (TPSA) is 48.5 Å². The summed E-state index contributed by atoms with van der Waals surface area (Å²) in [5.41, 5.74) is 4.62. The number of amides is 1. The highest BCUT2D eigenvalue weighted by Gasteiger charge is 2.41. The number of anilines is 2. The predicted molar refractivity (Wildman–Crippen MR) is 125 cm³/mol. The summed E-state index contributed by atoms with van der Waals surface area (Å²) in [6, 6.07) is 20.4. The summed E-state index contributed by atoms with van der Waals surface area (Å²) < 4.78 is 0. The number of piperazine rings is 1. The number of halogens is 1. The van der Waals surface area contributed by atoms with Gasteiger partial charge in [-0.25, -0.2) is 0 Å². The van der Waals surface area contributed by atoms with Crippen molar-refractivity contribution in [2.75, 3.05) is 29.4 Å². The second-order valence-electron chi connectivity index (χ2n) is 8.21. The number of nitrogens with zero attached hydrogens (tertiary/aromatic N) is 3. The lowest BCUT2D eigenvalue weighted by Gasteiger charge is -2.49. The Bertz CT molecular complexity index is 1070. The number of hydrogen-bond acceptors (Lipinski definition) is 4. The van der Waals surface area contributed by atoms with Gasteiger partial charge in [0.25, 0.3) is 0 Å². The molecule has 5 nitrogen and oxygen atoms in total. The Hall–Kier alpha value is -3.05. The number of fused-ring (bicyclic) bond motifs is 3. The molecule has 31 heavy (non-hydrogen) atoms. The first kappa shape index (κ1) is 19.9. The fourth-order valence-corrected chi connectivity index (χ4v) is 4.97. The zero-order chi connectivity index (χ0) is 21.2. The third-order valence-electron chi connectivity index (χ3n) is 6.32. The number of rotatable bonds is 4. The highest BCUT2D eigenvalue weighted by atomic mass is 35.5. The molecule has 1 saturated heterocycles. The average Bonchev–Trinajstić information content (AvgIpc) is 2.82. The van der Waals surface area contributed by atoms with Gasteiger partial charge in [0.05, 0.1) is 12.0 Å². The quantitative estimate of drug-likeness (QED) is 0.678. The summed E-state index contributed by atoms with van der Waals surface area (Å²) in [5.74, 6) is -0.0187. The van der Waals surface area contributed by atoms with Gasteiger partial charge in [-0.1, -0.05) is 41.9 Å². The predicted octanol–water partition coefficient (Wildman–Crippen LogP) is 3.92. The summed E-state index contributed by atoms with van der Waals surface area (Å²) in [4.78, 5) is 22.3. The molecule has 2 unspecified atom stereocenters. The van der Waals surface area contributed by atoms with Gasteiger partial charge in [-0.15, -0.1) is 0 Å². The van der Waals surface area contributed by atoms with Crippen LogP contribution in [-0.4, -0.2) is 36.6 Å². The molecule has 0 aliphatic carbocycles. The number of nitrogens with one attached hydrogen (secondary N) is 1. The number of aromatic nitrogens is 1.